The first-order valence-electron chi connectivity index (χ1n) is 5.27. The SMILES string of the molecule is S=C(NC[C@@H]1CCCO1)Nc1cnccn1. The largest absolute Gasteiger partial charge is 0.376 e. The highest BCUT2D eigenvalue weighted by Gasteiger charge is 2.15. The molecule has 0 aliphatic carbocycles. The van der Waals surface area contributed by atoms with Gasteiger partial charge in [0.25, 0.3) is 0 Å². The summed E-state index contributed by atoms with van der Waals surface area (Å²) in [5, 5.41) is 6.61. The summed E-state index contributed by atoms with van der Waals surface area (Å²) in [5.41, 5.74) is 0. The van der Waals surface area contributed by atoms with Crippen LogP contribution in [0.3, 0.4) is 0 Å². The average molecular weight is 238 g/mol. The molecule has 1 aromatic heterocycles. The van der Waals surface area contributed by atoms with Gasteiger partial charge in [-0.1, -0.05) is 0 Å². The lowest BCUT2D eigenvalue weighted by atomic mass is 10.2. The van der Waals surface area contributed by atoms with Crippen LogP contribution in [0.4, 0.5) is 5.82 Å². The van der Waals surface area contributed by atoms with E-state index in [1.54, 1.807) is 18.6 Å². The van der Waals surface area contributed by atoms with Crippen molar-refractivity contribution in [3.8, 4) is 0 Å². The summed E-state index contributed by atoms with van der Waals surface area (Å²) in [6, 6.07) is 0. The van der Waals surface area contributed by atoms with Gasteiger partial charge in [0.1, 0.15) is 0 Å². The van der Waals surface area contributed by atoms with Crippen LogP contribution >= 0.6 is 12.2 Å². The molecule has 1 aliphatic heterocycles. The van der Waals surface area contributed by atoms with Gasteiger partial charge in [-0.2, -0.15) is 0 Å². The maximum atomic E-state index is 5.48. The second-order valence-corrected chi connectivity index (χ2v) is 3.97. The van der Waals surface area contributed by atoms with Crippen molar-refractivity contribution in [1.29, 1.82) is 0 Å². The standard InChI is InChI=1S/C10H14N4OS/c16-10(13-6-8-2-1-5-15-8)14-9-7-11-3-4-12-9/h3-4,7-8H,1-2,5-6H2,(H2,12,13,14,16)/t8-/m0/s1. The van der Waals surface area contributed by atoms with Crippen molar-refractivity contribution >= 4 is 23.1 Å². The molecule has 1 atom stereocenters. The van der Waals surface area contributed by atoms with E-state index in [2.05, 4.69) is 20.6 Å². The van der Waals surface area contributed by atoms with E-state index < -0.39 is 0 Å². The minimum absolute atomic E-state index is 0.279. The molecule has 0 amide bonds. The lowest BCUT2D eigenvalue weighted by molar-refractivity contribution is 0.114. The first-order chi connectivity index (χ1) is 7.84. The third-order valence-electron chi connectivity index (χ3n) is 2.32. The summed E-state index contributed by atoms with van der Waals surface area (Å²) in [6.07, 6.45) is 7.37. The second kappa shape index (κ2) is 5.72. The van der Waals surface area contributed by atoms with E-state index in [1.165, 1.54) is 0 Å². The molecule has 1 aliphatic rings. The van der Waals surface area contributed by atoms with Crippen LogP contribution in [0.1, 0.15) is 12.8 Å². The highest BCUT2D eigenvalue weighted by molar-refractivity contribution is 7.80. The Kier molecular flexibility index (Phi) is 4.01. The molecule has 0 bridgehead atoms. The Balaban J connectivity index is 1.72. The highest BCUT2D eigenvalue weighted by Crippen LogP contribution is 2.10. The fraction of sp³-hybridized carbons (Fsp3) is 0.500. The third kappa shape index (κ3) is 3.39. The van der Waals surface area contributed by atoms with Crippen LogP contribution in [0.2, 0.25) is 0 Å². The molecule has 0 unspecified atom stereocenters. The summed E-state index contributed by atoms with van der Waals surface area (Å²) in [7, 11) is 0. The summed E-state index contributed by atoms with van der Waals surface area (Å²) >= 11 is 5.13. The molecule has 5 nitrogen and oxygen atoms in total. The lowest BCUT2D eigenvalue weighted by Crippen LogP contribution is -2.35. The van der Waals surface area contributed by atoms with Gasteiger partial charge in [-0.15, -0.1) is 0 Å². The minimum atomic E-state index is 0.279. The van der Waals surface area contributed by atoms with E-state index in [0.717, 1.165) is 26.0 Å². The van der Waals surface area contributed by atoms with Crippen LogP contribution < -0.4 is 10.6 Å². The van der Waals surface area contributed by atoms with Crippen molar-refractivity contribution in [2.24, 2.45) is 0 Å². The molecule has 16 heavy (non-hydrogen) atoms. The highest BCUT2D eigenvalue weighted by atomic mass is 32.1. The summed E-state index contributed by atoms with van der Waals surface area (Å²) in [5.74, 6) is 0.646. The molecular formula is C10H14N4OS. The Labute approximate surface area is 99.6 Å². The maximum absolute atomic E-state index is 5.48. The van der Waals surface area contributed by atoms with Crippen molar-refractivity contribution in [3.63, 3.8) is 0 Å². The van der Waals surface area contributed by atoms with Crippen molar-refractivity contribution < 1.29 is 4.74 Å². The molecule has 2 heterocycles. The van der Waals surface area contributed by atoms with Crippen molar-refractivity contribution in [2.75, 3.05) is 18.5 Å². The zero-order chi connectivity index (χ0) is 11.2. The minimum Gasteiger partial charge on any atom is -0.376 e. The molecule has 1 saturated heterocycles. The average Bonchev–Trinajstić information content (AvgIpc) is 2.81. The Morgan fingerprint density at radius 2 is 2.50 bits per heavy atom. The molecule has 1 aromatic rings. The Morgan fingerprint density at radius 1 is 1.56 bits per heavy atom. The molecule has 0 aromatic carbocycles. The van der Waals surface area contributed by atoms with Gasteiger partial charge in [0, 0.05) is 25.5 Å². The molecule has 6 heteroatoms. The molecule has 1 fully saturated rings. The second-order valence-electron chi connectivity index (χ2n) is 3.56. The number of ether oxygens (including phenoxy) is 1. The van der Waals surface area contributed by atoms with E-state index in [1.807, 2.05) is 0 Å². The van der Waals surface area contributed by atoms with Crippen LogP contribution in [0.5, 0.6) is 0 Å². The molecule has 2 rings (SSSR count). The molecule has 0 radical (unpaired) electrons. The predicted octanol–water partition coefficient (Wildman–Crippen LogP) is 0.942. The zero-order valence-corrected chi connectivity index (χ0v) is 9.67. The summed E-state index contributed by atoms with van der Waals surface area (Å²) < 4.78 is 5.48. The smallest absolute Gasteiger partial charge is 0.172 e. The van der Waals surface area contributed by atoms with Crippen molar-refractivity contribution in [1.82, 2.24) is 15.3 Å². The van der Waals surface area contributed by atoms with Crippen LogP contribution in [0.15, 0.2) is 18.6 Å². The number of anilines is 1. The number of thiocarbonyl (C=S) groups is 1. The first-order valence-corrected chi connectivity index (χ1v) is 5.68. The van der Waals surface area contributed by atoms with Crippen LogP contribution in [-0.4, -0.2) is 34.3 Å². The fourth-order valence-electron chi connectivity index (χ4n) is 1.54. The van der Waals surface area contributed by atoms with Crippen LogP contribution in [-0.2, 0) is 4.74 Å². The molecule has 86 valence electrons. The monoisotopic (exact) mass is 238 g/mol. The van der Waals surface area contributed by atoms with E-state index >= 15 is 0 Å². The van der Waals surface area contributed by atoms with Crippen molar-refractivity contribution in [3.05, 3.63) is 18.6 Å². The molecular weight excluding hydrogens is 224 g/mol. The first kappa shape index (κ1) is 11.2. The number of nitrogens with zero attached hydrogens (tertiary/aromatic N) is 2. The maximum Gasteiger partial charge on any atom is 0.172 e. The van der Waals surface area contributed by atoms with Gasteiger partial charge in [-0.05, 0) is 25.1 Å². The quantitative estimate of drug-likeness (QED) is 0.764. The van der Waals surface area contributed by atoms with E-state index in [0.29, 0.717) is 10.9 Å². The summed E-state index contributed by atoms with van der Waals surface area (Å²) in [6.45, 7) is 1.60. The molecule has 2 N–H and O–H groups in total. The van der Waals surface area contributed by atoms with Gasteiger partial charge < -0.3 is 15.4 Å². The van der Waals surface area contributed by atoms with Crippen molar-refractivity contribution in [2.45, 2.75) is 18.9 Å². The van der Waals surface area contributed by atoms with Gasteiger partial charge >= 0.3 is 0 Å². The van der Waals surface area contributed by atoms with Gasteiger partial charge in [0.15, 0.2) is 10.9 Å². The molecule has 0 saturated carbocycles. The van der Waals surface area contributed by atoms with Gasteiger partial charge in [-0.25, -0.2) is 4.98 Å². The van der Waals surface area contributed by atoms with Crippen LogP contribution in [0.25, 0.3) is 0 Å². The number of aromatic nitrogens is 2. The van der Waals surface area contributed by atoms with Crippen LogP contribution in [0, 0.1) is 0 Å². The number of nitrogens with one attached hydrogen (secondary N) is 2. The zero-order valence-electron chi connectivity index (χ0n) is 8.85. The third-order valence-corrected chi connectivity index (χ3v) is 2.57. The predicted molar refractivity (Wildman–Crippen MR) is 65.2 cm³/mol. The Morgan fingerprint density at radius 3 is 3.19 bits per heavy atom. The Bertz CT molecular complexity index is 340. The van der Waals surface area contributed by atoms with Gasteiger partial charge in [0.2, 0.25) is 0 Å². The number of hydrogen-bond donors (Lipinski definition) is 2. The lowest BCUT2D eigenvalue weighted by Gasteiger charge is -2.13. The fourth-order valence-corrected chi connectivity index (χ4v) is 1.72. The summed E-state index contributed by atoms with van der Waals surface area (Å²) in [4.78, 5) is 8.00. The van der Waals surface area contributed by atoms with Gasteiger partial charge in [0.05, 0.1) is 12.3 Å². The Hall–Kier alpha value is -1.27. The molecule has 0 spiro atoms. The normalized spacial score (nSPS) is 19.4. The van der Waals surface area contributed by atoms with Gasteiger partial charge in [-0.3, -0.25) is 4.98 Å². The van der Waals surface area contributed by atoms with E-state index in [4.69, 9.17) is 17.0 Å². The van der Waals surface area contributed by atoms with E-state index in [-0.39, 0.29) is 6.10 Å². The topological polar surface area (TPSA) is 59.1 Å². The number of hydrogen-bond acceptors (Lipinski definition) is 4. The number of rotatable bonds is 3. The van der Waals surface area contributed by atoms with E-state index in [9.17, 15) is 0 Å².